The van der Waals surface area contributed by atoms with Crippen molar-refractivity contribution in [3.05, 3.63) is 48.2 Å². The van der Waals surface area contributed by atoms with Gasteiger partial charge in [0.15, 0.2) is 6.61 Å². The van der Waals surface area contributed by atoms with Crippen molar-refractivity contribution < 1.29 is 14.3 Å². The number of likely N-dealkylation sites (N-methyl/N-ethyl adjacent to an activating group) is 1. The molecule has 0 fully saturated rings. The van der Waals surface area contributed by atoms with Crippen molar-refractivity contribution in [1.82, 2.24) is 9.88 Å². The van der Waals surface area contributed by atoms with Gasteiger partial charge < -0.3 is 19.9 Å². The molecule has 0 aliphatic heterocycles. The zero-order valence-corrected chi connectivity index (χ0v) is 14.8. The standard InChI is InChI=1S/C18H22N4O3/c1-21(2)16-10-5-13(11-19-16)18(24)20-14-6-8-15(9-7-14)25-12-17(23)22(3)4/h5-11H,12H2,1-4H3,(H,20,24). The van der Waals surface area contributed by atoms with Gasteiger partial charge in [-0.25, -0.2) is 4.98 Å². The molecule has 7 nitrogen and oxygen atoms in total. The molecule has 0 aliphatic carbocycles. The molecule has 1 aromatic carbocycles. The van der Waals surface area contributed by atoms with E-state index in [4.69, 9.17) is 4.74 Å². The second-order valence-electron chi connectivity index (χ2n) is 5.85. The Bertz CT molecular complexity index is 725. The summed E-state index contributed by atoms with van der Waals surface area (Å²) in [6.07, 6.45) is 1.54. The van der Waals surface area contributed by atoms with Crippen LogP contribution in [0.15, 0.2) is 42.6 Å². The van der Waals surface area contributed by atoms with Crippen molar-refractivity contribution in [3.63, 3.8) is 0 Å². The molecular weight excluding hydrogens is 320 g/mol. The second-order valence-corrected chi connectivity index (χ2v) is 5.85. The summed E-state index contributed by atoms with van der Waals surface area (Å²) in [5.74, 6) is 0.982. The summed E-state index contributed by atoms with van der Waals surface area (Å²) in [5, 5.41) is 2.79. The highest BCUT2D eigenvalue weighted by Gasteiger charge is 2.08. The Hall–Kier alpha value is -3.09. The largest absolute Gasteiger partial charge is 0.484 e. The third-order valence-electron chi connectivity index (χ3n) is 3.44. The van der Waals surface area contributed by atoms with Crippen molar-refractivity contribution in [2.45, 2.75) is 0 Å². The van der Waals surface area contributed by atoms with Gasteiger partial charge in [0.1, 0.15) is 11.6 Å². The minimum atomic E-state index is -0.241. The van der Waals surface area contributed by atoms with Crippen molar-refractivity contribution in [2.75, 3.05) is 45.0 Å². The van der Waals surface area contributed by atoms with E-state index in [1.54, 1.807) is 50.5 Å². The quantitative estimate of drug-likeness (QED) is 0.867. The zero-order chi connectivity index (χ0) is 18.4. The number of benzene rings is 1. The summed E-state index contributed by atoms with van der Waals surface area (Å²) >= 11 is 0. The number of carbonyl (C=O) groups excluding carboxylic acids is 2. The molecule has 0 radical (unpaired) electrons. The molecule has 25 heavy (non-hydrogen) atoms. The lowest BCUT2D eigenvalue weighted by atomic mass is 10.2. The van der Waals surface area contributed by atoms with Crippen LogP contribution in [0.25, 0.3) is 0 Å². The summed E-state index contributed by atoms with van der Waals surface area (Å²) in [7, 11) is 7.12. The van der Waals surface area contributed by atoms with Crippen LogP contribution in [0.3, 0.4) is 0 Å². The highest BCUT2D eigenvalue weighted by molar-refractivity contribution is 6.04. The van der Waals surface area contributed by atoms with Crippen LogP contribution in [-0.4, -0.2) is 56.5 Å². The first-order valence-corrected chi connectivity index (χ1v) is 7.74. The maximum atomic E-state index is 12.2. The summed E-state index contributed by atoms with van der Waals surface area (Å²) in [6, 6.07) is 10.3. The first-order valence-electron chi connectivity index (χ1n) is 7.74. The molecule has 0 saturated heterocycles. The van der Waals surface area contributed by atoms with Gasteiger partial charge in [0, 0.05) is 40.1 Å². The van der Waals surface area contributed by atoms with Crippen molar-refractivity contribution in [1.29, 1.82) is 0 Å². The van der Waals surface area contributed by atoms with Gasteiger partial charge in [-0.2, -0.15) is 0 Å². The van der Waals surface area contributed by atoms with Crippen molar-refractivity contribution in [3.8, 4) is 5.75 Å². The van der Waals surface area contributed by atoms with Crippen LogP contribution in [0, 0.1) is 0 Å². The Kier molecular flexibility index (Phi) is 5.94. The van der Waals surface area contributed by atoms with E-state index in [-0.39, 0.29) is 18.4 Å². The number of hydrogen-bond donors (Lipinski definition) is 1. The monoisotopic (exact) mass is 342 g/mol. The highest BCUT2D eigenvalue weighted by atomic mass is 16.5. The molecule has 2 amide bonds. The Balaban J connectivity index is 1.94. The summed E-state index contributed by atoms with van der Waals surface area (Å²) in [5.41, 5.74) is 1.11. The van der Waals surface area contributed by atoms with Crippen LogP contribution in [0.1, 0.15) is 10.4 Å². The smallest absolute Gasteiger partial charge is 0.259 e. The van der Waals surface area contributed by atoms with Crippen LogP contribution >= 0.6 is 0 Å². The number of amides is 2. The molecule has 0 aliphatic rings. The van der Waals surface area contributed by atoms with Gasteiger partial charge >= 0.3 is 0 Å². The van der Waals surface area contributed by atoms with Crippen LogP contribution < -0.4 is 15.0 Å². The molecule has 1 aromatic heterocycles. The van der Waals surface area contributed by atoms with Crippen LogP contribution in [0.2, 0.25) is 0 Å². The molecule has 0 bridgehead atoms. The Morgan fingerprint density at radius 1 is 1.04 bits per heavy atom. The lowest BCUT2D eigenvalue weighted by molar-refractivity contribution is -0.130. The molecule has 0 unspecified atom stereocenters. The van der Waals surface area contributed by atoms with E-state index in [2.05, 4.69) is 10.3 Å². The summed E-state index contributed by atoms with van der Waals surface area (Å²) in [4.78, 5) is 31.3. The Morgan fingerprint density at radius 3 is 2.24 bits per heavy atom. The third-order valence-corrected chi connectivity index (χ3v) is 3.44. The van der Waals surface area contributed by atoms with E-state index in [0.29, 0.717) is 17.0 Å². The highest BCUT2D eigenvalue weighted by Crippen LogP contribution is 2.17. The number of hydrogen-bond acceptors (Lipinski definition) is 5. The van der Waals surface area contributed by atoms with Gasteiger partial charge in [-0.3, -0.25) is 9.59 Å². The zero-order valence-electron chi connectivity index (χ0n) is 14.8. The SMILES string of the molecule is CN(C)C(=O)COc1ccc(NC(=O)c2ccc(N(C)C)nc2)cc1. The molecule has 2 aromatic rings. The molecule has 7 heteroatoms. The maximum absolute atomic E-state index is 12.2. The maximum Gasteiger partial charge on any atom is 0.259 e. The lowest BCUT2D eigenvalue weighted by Gasteiger charge is -2.12. The number of ether oxygens (including phenoxy) is 1. The van der Waals surface area contributed by atoms with E-state index in [9.17, 15) is 9.59 Å². The average molecular weight is 342 g/mol. The fourth-order valence-electron chi connectivity index (χ4n) is 1.90. The molecule has 2 rings (SSSR count). The predicted octanol–water partition coefficient (Wildman–Crippen LogP) is 1.87. The first-order chi connectivity index (χ1) is 11.9. The van der Waals surface area contributed by atoms with Gasteiger partial charge in [0.05, 0.1) is 5.56 Å². The van der Waals surface area contributed by atoms with E-state index in [1.807, 2.05) is 19.0 Å². The summed E-state index contributed by atoms with van der Waals surface area (Å²) < 4.78 is 5.39. The number of pyridine rings is 1. The minimum absolute atomic E-state index is 0.0252. The number of aromatic nitrogens is 1. The van der Waals surface area contributed by atoms with Crippen molar-refractivity contribution in [2.24, 2.45) is 0 Å². The minimum Gasteiger partial charge on any atom is -0.484 e. The van der Waals surface area contributed by atoms with Crippen LogP contribution in [-0.2, 0) is 4.79 Å². The van der Waals surface area contributed by atoms with E-state index >= 15 is 0 Å². The topological polar surface area (TPSA) is 74.8 Å². The fourth-order valence-corrected chi connectivity index (χ4v) is 1.90. The Labute approximate surface area is 147 Å². The van der Waals surface area contributed by atoms with Crippen LogP contribution in [0.4, 0.5) is 11.5 Å². The first kappa shape index (κ1) is 18.3. The van der Waals surface area contributed by atoms with E-state index in [0.717, 1.165) is 5.82 Å². The number of nitrogens with zero attached hydrogens (tertiary/aromatic N) is 3. The molecule has 0 saturated carbocycles. The number of rotatable bonds is 6. The number of carbonyl (C=O) groups is 2. The van der Waals surface area contributed by atoms with Crippen molar-refractivity contribution >= 4 is 23.3 Å². The molecule has 1 heterocycles. The lowest BCUT2D eigenvalue weighted by Crippen LogP contribution is -2.27. The molecule has 0 spiro atoms. The molecule has 132 valence electrons. The predicted molar refractivity (Wildman–Crippen MR) is 97.1 cm³/mol. The van der Waals surface area contributed by atoms with Crippen LogP contribution in [0.5, 0.6) is 5.75 Å². The fraction of sp³-hybridized carbons (Fsp3) is 0.278. The molecular formula is C18H22N4O3. The van der Waals surface area contributed by atoms with E-state index in [1.165, 1.54) is 11.1 Å². The number of nitrogens with one attached hydrogen (secondary N) is 1. The van der Waals surface area contributed by atoms with Gasteiger partial charge in [-0.15, -0.1) is 0 Å². The molecule has 1 N–H and O–H groups in total. The molecule has 0 atom stereocenters. The normalized spacial score (nSPS) is 10.1. The van der Waals surface area contributed by atoms with Gasteiger partial charge in [-0.1, -0.05) is 0 Å². The Morgan fingerprint density at radius 2 is 1.72 bits per heavy atom. The average Bonchev–Trinajstić information content (AvgIpc) is 2.60. The van der Waals surface area contributed by atoms with Gasteiger partial charge in [-0.05, 0) is 36.4 Å². The summed E-state index contributed by atoms with van der Waals surface area (Å²) in [6.45, 7) is -0.0252. The van der Waals surface area contributed by atoms with E-state index < -0.39 is 0 Å². The number of anilines is 2. The third kappa shape index (κ3) is 5.20. The van der Waals surface area contributed by atoms with Gasteiger partial charge in [0.25, 0.3) is 11.8 Å². The second kappa shape index (κ2) is 8.14. The van der Waals surface area contributed by atoms with Gasteiger partial charge in [0.2, 0.25) is 0 Å².